The van der Waals surface area contributed by atoms with E-state index in [2.05, 4.69) is 211 Å². The van der Waals surface area contributed by atoms with Gasteiger partial charge in [-0.2, -0.15) is 0 Å². The summed E-state index contributed by atoms with van der Waals surface area (Å²) in [6.07, 6.45) is 0. The molecule has 260 valence electrons. The van der Waals surface area contributed by atoms with E-state index in [9.17, 15) is 0 Å². The summed E-state index contributed by atoms with van der Waals surface area (Å²) >= 11 is 0. The third-order valence-electron chi connectivity index (χ3n) is 11.1. The Bertz CT molecular complexity index is 3240. The molecule has 1 aromatic heterocycles. The fourth-order valence-corrected chi connectivity index (χ4v) is 8.45. The van der Waals surface area contributed by atoms with Crippen LogP contribution < -0.4 is 4.90 Å². The molecule has 0 fully saturated rings. The quantitative estimate of drug-likeness (QED) is 0.171. The first kappa shape index (κ1) is 31.9. The normalized spacial score (nSPS) is 11.4. The SMILES string of the molecule is c1cc2oc3c4ccccc4c(N(c4ccc5ccccc5c4)c4ccccc4-c4ccc(-c5ccccc5)cc4)cc3c2c(-c2cccc3ccccc23)c#1. The van der Waals surface area contributed by atoms with Crippen molar-refractivity contribution in [2.24, 2.45) is 0 Å². The number of hydrogen-bond donors (Lipinski definition) is 0. The Morgan fingerprint density at radius 1 is 0.411 bits per heavy atom. The van der Waals surface area contributed by atoms with Gasteiger partial charge in [-0.25, -0.2) is 0 Å². The van der Waals surface area contributed by atoms with E-state index in [4.69, 9.17) is 4.42 Å². The molecule has 1 heterocycles. The van der Waals surface area contributed by atoms with Gasteiger partial charge in [0, 0.05) is 44.4 Å². The van der Waals surface area contributed by atoms with Gasteiger partial charge in [0.2, 0.25) is 0 Å². The molecule has 2 heteroatoms. The summed E-state index contributed by atoms with van der Waals surface area (Å²) in [7, 11) is 0. The van der Waals surface area contributed by atoms with E-state index in [-0.39, 0.29) is 0 Å². The molecule has 0 atom stereocenters. The van der Waals surface area contributed by atoms with Crippen LogP contribution in [0.4, 0.5) is 17.1 Å². The van der Waals surface area contributed by atoms with Gasteiger partial charge in [-0.15, -0.1) is 0 Å². The smallest absolute Gasteiger partial charge is 0.145 e. The molecule has 0 aliphatic carbocycles. The van der Waals surface area contributed by atoms with Crippen molar-refractivity contribution in [2.45, 2.75) is 0 Å². The number of benzene rings is 9. The lowest BCUT2D eigenvalue weighted by Gasteiger charge is -2.29. The van der Waals surface area contributed by atoms with Gasteiger partial charge in [0.15, 0.2) is 0 Å². The summed E-state index contributed by atoms with van der Waals surface area (Å²) in [5.41, 5.74) is 11.6. The molecule has 10 aromatic carbocycles. The van der Waals surface area contributed by atoms with Crippen molar-refractivity contribution in [1.29, 1.82) is 0 Å². The minimum atomic E-state index is 0.792. The maximum absolute atomic E-state index is 6.81. The van der Waals surface area contributed by atoms with Crippen molar-refractivity contribution < 1.29 is 4.42 Å². The maximum Gasteiger partial charge on any atom is 0.145 e. The highest BCUT2D eigenvalue weighted by molar-refractivity contribution is 6.23. The van der Waals surface area contributed by atoms with Crippen molar-refractivity contribution >= 4 is 71.3 Å². The summed E-state index contributed by atoms with van der Waals surface area (Å²) in [6.45, 7) is 0. The molecule has 0 amide bonds. The molecule has 11 rings (SSSR count). The zero-order chi connectivity index (χ0) is 37.0. The molecule has 0 aliphatic rings. The number of nitrogens with zero attached hydrogens (tertiary/aromatic N) is 1. The molecule has 56 heavy (non-hydrogen) atoms. The van der Waals surface area contributed by atoms with Gasteiger partial charge in [0.25, 0.3) is 0 Å². The number of furan rings is 1. The fraction of sp³-hybridized carbons (Fsp3) is 0. The zero-order valence-electron chi connectivity index (χ0n) is 30.4. The van der Waals surface area contributed by atoms with Crippen molar-refractivity contribution in [2.75, 3.05) is 4.90 Å². The molecular weight excluding hydrogens is 679 g/mol. The molecule has 11 aromatic rings. The molecule has 0 bridgehead atoms. The number of rotatable bonds is 6. The van der Waals surface area contributed by atoms with Crippen molar-refractivity contribution in [3.63, 3.8) is 0 Å². The zero-order valence-corrected chi connectivity index (χ0v) is 30.4. The topological polar surface area (TPSA) is 16.4 Å². The number of hydrogen-bond acceptors (Lipinski definition) is 2. The Balaban J connectivity index is 1.20. The molecule has 0 aliphatic heterocycles. The van der Waals surface area contributed by atoms with Gasteiger partial charge in [0.1, 0.15) is 11.2 Å². The first-order valence-corrected chi connectivity index (χ1v) is 19.0. The minimum absolute atomic E-state index is 0.792. The molecule has 0 N–H and O–H groups in total. The lowest BCUT2D eigenvalue weighted by molar-refractivity contribution is 0.673. The van der Waals surface area contributed by atoms with Gasteiger partial charge < -0.3 is 9.32 Å². The summed E-state index contributed by atoms with van der Waals surface area (Å²) < 4.78 is 6.81. The largest absolute Gasteiger partial charge is 0.455 e. The van der Waals surface area contributed by atoms with Gasteiger partial charge >= 0.3 is 0 Å². The Labute approximate surface area is 325 Å². The van der Waals surface area contributed by atoms with E-state index < -0.39 is 0 Å². The fourth-order valence-electron chi connectivity index (χ4n) is 8.45. The standard InChI is InChI=1S/C54H33NO/c1-2-14-36(15-3-1)38-28-30-40(31-29-38)44-21-10-11-26-50(44)55(42-33-32-37-16-4-5-18-41(37)34-42)51-35-49-53-47(45-24-12-19-39-17-6-7-20-43(39)45)25-13-27-52(53)56-54(49)48-23-9-8-22-46(48)51/h1-12,14-24,26-35H. The Kier molecular flexibility index (Phi) is 7.44. The molecule has 0 unspecified atom stereocenters. The molecule has 0 saturated heterocycles. The highest BCUT2D eigenvalue weighted by Crippen LogP contribution is 2.48. The van der Waals surface area contributed by atoms with Crippen LogP contribution in [0.15, 0.2) is 205 Å². The van der Waals surface area contributed by atoms with Crippen molar-refractivity contribution in [3.8, 4) is 33.4 Å². The van der Waals surface area contributed by atoms with Gasteiger partial charge in [-0.1, -0.05) is 182 Å². The van der Waals surface area contributed by atoms with E-state index >= 15 is 0 Å². The first-order valence-electron chi connectivity index (χ1n) is 19.0. The predicted octanol–water partition coefficient (Wildman–Crippen LogP) is 15.1. The summed E-state index contributed by atoms with van der Waals surface area (Å²) in [6, 6.07) is 78.3. The summed E-state index contributed by atoms with van der Waals surface area (Å²) in [5, 5.41) is 8.97. The second kappa shape index (κ2) is 13.1. The Hall–Kier alpha value is -7.60. The monoisotopic (exact) mass is 711 g/mol. The Morgan fingerprint density at radius 3 is 1.91 bits per heavy atom. The van der Waals surface area contributed by atoms with E-state index in [0.717, 1.165) is 72.0 Å². The van der Waals surface area contributed by atoms with Crippen molar-refractivity contribution in [3.05, 3.63) is 212 Å². The van der Waals surface area contributed by atoms with Crippen molar-refractivity contribution in [1.82, 2.24) is 0 Å². The summed E-state index contributed by atoms with van der Waals surface area (Å²) in [4.78, 5) is 2.43. The van der Waals surface area contributed by atoms with Crippen LogP contribution in [0.3, 0.4) is 0 Å². The van der Waals surface area contributed by atoms with E-state index in [0.29, 0.717) is 0 Å². The Morgan fingerprint density at radius 2 is 1.05 bits per heavy atom. The molecule has 2 nitrogen and oxygen atoms in total. The third kappa shape index (κ3) is 5.22. The van der Waals surface area contributed by atoms with Crippen LogP contribution in [0.1, 0.15) is 0 Å². The number of fused-ring (bicyclic) bond motifs is 7. The molecular formula is C54H33NO. The van der Waals surface area contributed by atoms with Gasteiger partial charge in [-0.3, -0.25) is 0 Å². The van der Waals surface area contributed by atoms with Crippen LogP contribution in [-0.2, 0) is 0 Å². The minimum Gasteiger partial charge on any atom is -0.455 e. The van der Waals surface area contributed by atoms with Crippen LogP contribution in [0.2, 0.25) is 0 Å². The highest BCUT2D eigenvalue weighted by Gasteiger charge is 2.24. The van der Waals surface area contributed by atoms with Crippen LogP contribution in [0.5, 0.6) is 0 Å². The lowest BCUT2D eigenvalue weighted by Crippen LogP contribution is -2.12. The lowest BCUT2D eigenvalue weighted by atomic mass is 9.94. The maximum atomic E-state index is 6.81. The van der Waals surface area contributed by atoms with E-state index in [1.165, 1.54) is 32.7 Å². The van der Waals surface area contributed by atoms with Crippen LogP contribution in [-0.4, -0.2) is 0 Å². The van der Waals surface area contributed by atoms with Gasteiger partial charge in [-0.05, 0) is 68.1 Å². The average Bonchev–Trinajstić information content (AvgIpc) is 3.66. The first-order chi connectivity index (χ1) is 27.8. The summed E-state index contributed by atoms with van der Waals surface area (Å²) in [5.74, 6) is 0. The molecule has 0 radical (unpaired) electrons. The molecule has 0 saturated carbocycles. The van der Waals surface area contributed by atoms with Crippen LogP contribution in [0, 0.1) is 12.1 Å². The van der Waals surface area contributed by atoms with Crippen LogP contribution in [0.25, 0.3) is 87.6 Å². The number of para-hydroxylation sites is 1. The second-order valence-electron chi connectivity index (χ2n) is 14.3. The van der Waals surface area contributed by atoms with Gasteiger partial charge in [0.05, 0.1) is 11.4 Å². The van der Waals surface area contributed by atoms with E-state index in [1.807, 2.05) is 6.07 Å². The second-order valence-corrected chi connectivity index (χ2v) is 14.3. The third-order valence-corrected chi connectivity index (χ3v) is 11.1. The highest BCUT2D eigenvalue weighted by atomic mass is 16.3. The van der Waals surface area contributed by atoms with E-state index in [1.54, 1.807) is 0 Å². The van der Waals surface area contributed by atoms with Crippen LogP contribution >= 0.6 is 0 Å². The number of anilines is 3. The molecule has 0 spiro atoms. The predicted molar refractivity (Wildman–Crippen MR) is 235 cm³/mol. The average molecular weight is 712 g/mol.